The second-order valence-corrected chi connectivity index (χ2v) is 4.33. The Morgan fingerprint density at radius 1 is 1.29 bits per heavy atom. The molecule has 0 bridgehead atoms. The molecule has 0 radical (unpaired) electrons. The van der Waals surface area contributed by atoms with E-state index in [2.05, 4.69) is 0 Å². The quantitative estimate of drug-likeness (QED) is 0.571. The fraction of sp³-hybridized carbons (Fsp3) is 0.400. The molecule has 6 nitrogen and oxygen atoms in total. The molecule has 0 aliphatic carbocycles. The summed E-state index contributed by atoms with van der Waals surface area (Å²) in [7, 11) is 0. The van der Waals surface area contributed by atoms with E-state index in [0.29, 0.717) is 28.3 Å². The third-order valence-corrected chi connectivity index (χ3v) is 3.23. The predicted octanol–water partition coefficient (Wildman–Crippen LogP) is -0.503. The predicted molar refractivity (Wildman–Crippen MR) is 63.0 cm³/mol. The monoisotopic (exact) mass is 258 g/mol. The van der Waals surface area contributed by atoms with Gasteiger partial charge < -0.3 is 21.3 Å². The van der Waals surface area contributed by atoms with Gasteiger partial charge in [0.15, 0.2) is 0 Å². The van der Waals surface area contributed by atoms with Crippen molar-refractivity contribution >= 4 is 23.2 Å². The number of thiophene rings is 1. The standard InChI is InChI=1S/C10H14N2O4S/c11-9(14)7-5-6(1-3-16-4-2-13)8(17-7)10(12)15/h5,13H,1-4H2,(H2,11,14)(H2,12,15). The zero-order valence-electron chi connectivity index (χ0n) is 9.14. The summed E-state index contributed by atoms with van der Waals surface area (Å²) in [5, 5.41) is 8.52. The maximum absolute atomic E-state index is 11.1. The molecule has 0 unspecified atom stereocenters. The van der Waals surface area contributed by atoms with Gasteiger partial charge in [-0.05, 0) is 18.1 Å². The SMILES string of the molecule is NC(=O)c1cc(CCOCCO)c(C(N)=O)s1. The van der Waals surface area contributed by atoms with Crippen LogP contribution in [0.3, 0.4) is 0 Å². The normalized spacial score (nSPS) is 10.4. The molecule has 0 spiro atoms. The van der Waals surface area contributed by atoms with Crippen LogP contribution in [0.5, 0.6) is 0 Å². The zero-order valence-corrected chi connectivity index (χ0v) is 9.96. The summed E-state index contributed by atoms with van der Waals surface area (Å²) in [6, 6.07) is 1.55. The third-order valence-electron chi connectivity index (χ3n) is 2.03. The number of rotatable bonds is 7. The molecule has 0 saturated carbocycles. The Kier molecular flexibility index (Phi) is 5.08. The molecule has 1 rings (SSSR count). The highest BCUT2D eigenvalue weighted by atomic mass is 32.1. The first-order valence-electron chi connectivity index (χ1n) is 4.97. The lowest BCUT2D eigenvalue weighted by Gasteiger charge is -2.01. The van der Waals surface area contributed by atoms with Crippen LogP contribution in [0, 0.1) is 0 Å². The third kappa shape index (κ3) is 3.81. The minimum absolute atomic E-state index is 0.0567. The van der Waals surface area contributed by atoms with Crippen LogP contribution in [0.15, 0.2) is 6.07 Å². The Morgan fingerprint density at radius 3 is 2.53 bits per heavy atom. The van der Waals surface area contributed by atoms with Crippen molar-refractivity contribution < 1.29 is 19.4 Å². The van der Waals surface area contributed by atoms with E-state index in [1.54, 1.807) is 6.07 Å². The summed E-state index contributed by atoms with van der Waals surface area (Å²) in [6.45, 7) is 0.521. The van der Waals surface area contributed by atoms with Crippen LogP contribution >= 0.6 is 11.3 Å². The van der Waals surface area contributed by atoms with Gasteiger partial charge in [-0.2, -0.15) is 0 Å². The van der Waals surface area contributed by atoms with E-state index in [1.165, 1.54) is 0 Å². The van der Waals surface area contributed by atoms with Crippen molar-refractivity contribution in [1.29, 1.82) is 0 Å². The summed E-state index contributed by atoms with van der Waals surface area (Å²) in [4.78, 5) is 22.8. The number of carbonyl (C=O) groups excluding carboxylic acids is 2. The molecule has 94 valence electrons. The van der Waals surface area contributed by atoms with Crippen LogP contribution in [0.1, 0.15) is 24.9 Å². The van der Waals surface area contributed by atoms with Crippen molar-refractivity contribution in [3.63, 3.8) is 0 Å². The second kappa shape index (κ2) is 6.33. The van der Waals surface area contributed by atoms with Crippen molar-refractivity contribution in [3.8, 4) is 0 Å². The highest BCUT2D eigenvalue weighted by Crippen LogP contribution is 2.22. The molecule has 0 aliphatic heterocycles. The summed E-state index contributed by atoms with van der Waals surface area (Å²) >= 11 is 0.985. The smallest absolute Gasteiger partial charge is 0.259 e. The number of aliphatic hydroxyl groups excluding tert-OH is 1. The Labute approximate surface area is 102 Å². The fourth-order valence-electron chi connectivity index (χ4n) is 1.29. The van der Waals surface area contributed by atoms with E-state index in [-0.39, 0.29) is 13.2 Å². The van der Waals surface area contributed by atoms with Gasteiger partial charge in [0.2, 0.25) is 0 Å². The number of hydrogen-bond acceptors (Lipinski definition) is 5. The highest BCUT2D eigenvalue weighted by Gasteiger charge is 2.16. The number of ether oxygens (including phenoxy) is 1. The van der Waals surface area contributed by atoms with E-state index >= 15 is 0 Å². The average Bonchev–Trinajstić information content (AvgIpc) is 2.68. The number of nitrogens with two attached hydrogens (primary N) is 2. The lowest BCUT2D eigenvalue weighted by atomic mass is 10.2. The van der Waals surface area contributed by atoms with Gasteiger partial charge in [-0.15, -0.1) is 11.3 Å². The van der Waals surface area contributed by atoms with Crippen molar-refractivity contribution in [2.45, 2.75) is 6.42 Å². The summed E-state index contributed by atoms with van der Waals surface area (Å²) < 4.78 is 5.08. The molecule has 0 saturated heterocycles. The van der Waals surface area contributed by atoms with Crippen LogP contribution < -0.4 is 11.5 Å². The van der Waals surface area contributed by atoms with Crippen molar-refractivity contribution in [2.24, 2.45) is 11.5 Å². The largest absolute Gasteiger partial charge is 0.394 e. The minimum atomic E-state index is -0.584. The fourth-order valence-corrected chi connectivity index (χ4v) is 2.21. The summed E-state index contributed by atoms with van der Waals surface area (Å²) in [5.74, 6) is -1.17. The van der Waals surface area contributed by atoms with E-state index in [9.17, 15) is 9.59 Å². The summed E-state index contributed by atoms with van der Waals surface area (Å²) in [5.41, 5.74) is 11.0. The van der Waals surface area contributed by atoms with Crippen LogP contribution in [0.2, 0.25) is 0 Å². The molecule has 1 aromatic heterocycles. The van der Waals surface area contributed by atoms with Gasteiger partial charge in [0.1, 0.15) is 0 Å². The molecule has 0 fully saturated rings. The topological polar surface area (TPSA) is 116 Å². The van der Waals surface area contributed by atoms with Gasteiger partial charge in [-0.3, -0.25) is 9.59 Å². The molecule has 7 heteroatoms. The maximum Gasteiger partial charge on any atom is 0.259 e. The van der Waals surface area contributed by atoms with Gasteiger partial charge in [-0.25, -0.2) is 0 Å². The zero-order chi connectivity index (χ0) is 12.8. The lowest BCUT2D eigenvalue weighted by Crippen LogP contribution is -2.12. The highest BCUT2D eigenvalue weighted by molar-refractivity contribution is 7.16. The molecule has 2 amide bonds. The minimum Gasteiger partial charge on any atom is -0.394 e. The first kappa shape index (κ1) is 13.6. The van der Waals surface area contributed by atoms with Gasteiger partial charge in [0.25, 0.3) is 11.8 Å². The molecular weight excluding hydrogens is 244 g/mol. The Hall–Kier alpha value is -1.44. The number of amides is 2. The van der Waals surface area contributed by atoms with Gasteiger partial charge in [0, 0.05) is 0 Å². The summed E-state index contributed by atoms with van der Waals surface area (Å²) in [6.07, 6.45) is 0.446. The molecular formula is C10H14N2O4S. The number of primary amides is 2. The first-order valence-corrected chi connectivity index (χ1v) is 5.78. The molecule has 1 heterocycles. The van der Waals surface area contributed by atoms with E-state index in [1.807, 2.05) is 0 Å². The van der Waals surface area contributed by atoms with Crippen molar-refractivity contribution in [2.75, 3.05) is 19.8 Å². The second-order valence-electron chi connectivity index (χ2n) is 3.28. The number of carbonyl (C=O) groups is 2. The molecule has 0 aromatic carbocycles. The van der Waals surface area contributed by atoms with Crippen LogP contribution in [-0.2, 0) is 11.2 Å². The van der Waals surface area contributed by atoms with E-state index in [0.717, 1.165) is 11.3 Å². The Morgan fingerprint density at radius 2 is 2.00 bits per heavy atom. The number of hydrogen-bond donors (Lipinski definition) is 3. The van der Waals surface area contributed by atoms with Crippen molar-refractivity contribution in [1.82, 2.24) is 0 Å². The van der Waals surface area contributed by atoms with E-state index < -0.39 is 11.8 Å². The van der Waals surface area contributed by atoms with Crippen LogP contribution in [-0.4, -0.2) is 36.7 Å². The molecule has 0 atom stereocenters. The average molecular weight is 258 g/mol. The van der Waals surface area contributed by atoms with Crippen LogP contribution in [0.25, 0.3) is 0 Å². The van der Waals surface area contributed by atoms with Crippen LogP contribution in [0.4, 0.5) is 0 Å². The van der Waals surface area contributed by atoms with Crippen molar-refractivity contribution in [3.05, 3.63) is 21.4 Å². The van der Waals surface area contributed by atoms with Gasteiger partial charge in [-0.1, -0.05) is 0 Å². The molecule has 1 aromatic rings. The molecule has 17 heavy (non-hydrogen) atoms. The Balaban J connectivity index is 2.74. The first-order chi connectivity index (χ1) is 8.06. The maximum atomic E-state index is 11.1. The molecule has 5 N–H and O–H groups in total. The van der Waals surface area contributed by atoms with E-state index in [4.69, 9.17) is 21.3 Å². The number of aliphatic hydroxyl groups is 1. The van der Waals surface area contributed by atoms with Gasteiger partial charge >= 0.3 is 0 Å². The molecule has 0 aliphatic rings. The van der Waals surface area contributed by atoms with Gasteiger partial charge in [0.05, 0.1) is 29.6 Å². The lowest BCUT2D eigenvalue weighted by molar-refractivity contribution is 0.0937. The Bertz CT molecular complexity index is 416.